The summed E-state index contributed by atoms with van der Waals surface area (Å²) >= 11 is 5.15. The average Bonchev–Trinajstić information content (AvgIpc) is 3.11. The van der Waals surface area contributed by atoms with Gasteiger partial charge in [0.15, 0.2) is 5.11 Å². The molecular formula is C18H14N2O4S. The van der Waals surface area contributed by atoms with Gasteiger partial charge in [0, 0.05) is 6.07 Å². The van der Waals surface area contributed by atoms with Crippen LogP contribution in [-0.4, -0.2) is 24.0 Å². The Labute approximate surface area is 149 Å². The lowest BCUT2D eigenvalue weighted by molar-refractivity contribution is -0.122. The minimum absolute atomic E-state index is 0.0235. The maximum absolute atomic E-state index is 12.7. The molecule has 1 aliphatic rings. The van der Waals surface area contributed by atoms with Crippen molar-refractivity contribution in [3.63, 3.8) is 0 Å². The van der Waals surface area contributed by atoms with E-state index in [-0.39, 0.29) is 10.7 Å². The number of hydrogen-bond donors (Lipinski definition) is 1. The van der Waals surface area contributed by atoms with Crippen LogP contribution in [0.2, 0.25) is 0 Å². The maximum Gasteiger partial charge on any atom is 0.270 e. The van der Waals surface area contributed by atoms with E-state index in [2.05, 4.69) is 5.32 Å². The van der Waals surface area contributed by atoms with Crippen molar-refractivity contribution in [2.24, 2.45) is 0 Å². The van der Waals surface area contributed by atoms with Gasteiger partial charge >= 0.3 is 0 Å². The third-order valence-corrected chi connectivity index (χ3v) is 3.76. The predicted molar refractivity (Wildman–Crippen MR) is 97.0 cm³/mol. The van der Waals surface area contributed by atoms with Crippen LogP contribution in [0.3, 0.4) is 0 Å². The van der Waals surface area contributed by atoms with Gasteiger partial charge in [-0.3, -0.25) is 19.8 Å². The summed E-state index contributed by atoms with van der Waals surface area (Å²) < 4.78 is 10.3. The second-order valence-corrected chi connectivity index (χ2v) is 5.44. The number of methoxy groups -OCH3 is 1. The number of anilines is 1. The van der Waals surface area contributed by atoms with E-state index < -0.39 is 11.8 Å². The summed E-state index contributed by atoms with van der Waals surface area (Å²) in [7, 11) is 1.53. The number of nitrogens with one attached hydrogen (secondary N) is 1. The fourth-order valence-corrected chi connectivity index (χ4v) is 2.57. The van der Waals surface area contributed by atoms with E-state index >= 15 is 0 Å². The third kappa shape index (κ3) is 3.51. The van der Waals surface area contributed by atoms with Gasteiger partial charge in [0.1, 0.15) is 17.1 Å². The zero-order chi connectivity index (χ0) is 17.8. The Hall–Kier alpha value is -3.19. The van der Waals surface area contributed by atoms with Crippen molar-refractivity contribution in [3.05, 3.63) is 66.1 Å². The highest BCUT2D eigenvalue weighted by atomic mass is 32.1. The molecule has 2 amide bonds. The van der Waals surface area contributed by atoms with Crippen LogP contribution in [-0.2, 0) is 9.59 Å². The fourth-order valence-electron chi connectivity index (χ4n) is 2.29. The Morgan fingerprint density at radius 1 is 1.24 bits per heavy atom. The number of ether oxygens (including phenoxy) is 1. The molecule has 0 bridgehead atoms. The van der Waals surface area contributed by atoms with Gasteiger partial charge in [0.25, 0.3) is 11.8 Å². The quantitative estimate of drug-likeness (QED) is 0.519. The van der Waals surface area contributed by atoms with E-state index in [9.17, 15) is 9.59 Å². The summed E-state index contributed by atoms with van der Waals surface area (Å²) in [6.45, 7) is 0. The number of allylic oxidation sites excluding steroid dienone is 2. The highest BCUT2D eigenvalue weighted by Gasteiger charge is 2.34. The zero-order valence-corrected chi connectivity index (χ0v) is 14.1. The molecule has 0 unspecified atom stereocenters. The molecule has 1 fully saturated rings. The van der Waals surface area contributed by atoms with Gasteiger partial charge in [-0.2, -0.15) is 0 Å². The van der Waals surface area contributed by atoms with Crippen LogP contribution >= 0.6 is 12.2 Å². The Kier molecular flexibility index (Phi) is 4.76. The standard InChI is InChI=1S/C18H14N2O4S/c1-23-14-7-2-5-12(11-14)20-17(22)15(16(21)19-18(20)25)9-3-6-13-8-4-10-24-13/h2-11H,1H3,(H,19,21,25)/b6-3+,15-9+. The summed E-state index contributed by atoms with van der Waals surface area (Å²) in [5.41, 5.74) is 0.481. The summed E-state index contributed by atoms with van der Waals surface area (Å²) in [4.78, 5) is 26.1. The first-order chi connectivity index (χ1) is 12.1. The Bertz CT molecular complexity index is 884. The summed E-state index contributed by atoms with van der Waals surface area (Å²) in [6.07, 6.45) is 6.18. The van der Waals surface area contributed by atoms with Crippen LogP contribution in [0, 0.1) is 0 Å². The van der Waals surface area contributed by atoms with Gasteiger partial charge < -0.3 is 9.15 Å². The van der Waals surface area contributed by atoms with Gasteiger partial charge in [-0.1, -0.05) is 12.1 Å². The Morgan fingerprint density at radius 3 is 2.80 bits per heavy atom. The molecule has 0 atom stereocenters. The van der Waals surface area contributed by atoms with E-state index in [1.54, 1.807) is 48.6 Å². The molecule has 3 rings (SSSR count). The molecule has 0 spiro atoms. The highest BCUT2D eigenvalue weighted by Crippen LogP contribution is 2.24. The third-order valence-electron chi connectivity index (χ3n) is 3.48. The summed E-state index contributed by atoms with van der Waals surface area (Å²) in [5.74, 6) is 0.137. The molecule has 2 heterocycles. The van der Waals surface area contributed by atoms with E-state index in [0.29, 0.717) is 17.2 Å². The van der Waals surface area contributed by atoms with Gasteiger partial charge in [-0.15, -0.1) is 0 Å². The van der Waals surface area contributed by atoms with Crippen LogP contribution in [0.25, 0.3) is 6.08 Å². The van der Waals surface area contributed by atoms with Crippen LogP contribution in [0.15, 0.2) is 64.8 Å². The van der Waals surface area contributed by atoms with Crippen molar-refractivity contribution in [1.82, 2.24) is 5.32 Å². The number of amides is 2. The number of thiocarbonyl (C=S) groups is 1. The van der Waals surface area contributed by atoms with Crippen LogP contribution in [0.5, 0.6) is 5.75 Å². The van der Waals surface area contributed by atoms with Crippen molar-refractivity contribution in [3.8, 4) is 5.75 Å². The topological polar surface area (TPSA) is 71.8 Å². The van der Waals surface area contributed by atoms with Gasteiger partial charge in [0.2, 0.25) is 0 Å². The molecular weight excluding hydrogens is 340 g/mol. The minimum atomic E-state index is -0.543. The fraction of sp³-hybridized carbons (Fsp3) is 0.0556. The molecule has 7 heteroatoms. The first-order valence-corrected chi connectivity index (χ1v) is 7.76. The van der Waals surface area contributed by atoms with E-state index in [1.807, 2.05) is 0 Å². The maximum atomic E-state index is 12.7. The van der Waals surface area contributed by atoms with Crippen molar-refractivity contribution < 1.29 is 18.7 Å². The predicted octanol–water partition coefficient (Wildman–Crippen LogP) is 2.68. The smallest absolute Gasteiger partial charge is 0.270 e. The molecule has 1 aromatic heterocycles. The van der Waals surface area contributed by atoms with E-state index in [1.165, 1.54) is 24.3 Å². The van der Waals surface area contributed by atoms with Crippen molar-refractivity contribution in [2.75, 3.05) is 12.0 Å². The summed E-state index contributed by atoms with van der Waals surface area (Å²) in [6, 6.07) is 10.4. The molecule has 2 aromatic rings. The van der Waals surface area contributed by atoms with Crippen molar-refractivity contribution in [1.29, 1.82) is 0 Å². The zero-order valence-electron chi connectivity index (χ0n) is 13.3. The van der Waals surface area contributed by atoms with Crippen molar-refractivity contribution in [2.45, 2.75) is 0 Å². The first-order valence-electron chi connectivity index (χ1n) is 7.36. The number of hydrogen-bond acceptors (Lipinski definition) is 5. The molecule has 6 nitrogen and oxygen atoms in total. The average molecular weight is 354 g/mol. The van der Waals surface area contributed by atoms with Crippen LogP contribution in [0.1, 0.15) is 5.76 Å². The number of carbonyl (C=O) groups is 2. The molecule has 0 saturated carbocycles. The molecule has 1 saturated heterocycles. The van der Waals surface area contributed by atoms with Gasteiger partial charge in [0.05, 0.1) is 19.1 Å². The normalized spacial score (nSPS) is 16.6. The number of rotatable bonds is 4. The molecule has 1 N–H and O–H groups in total. The lowest BCUT2D eigenvalue weighted by Gasteiger charge is -2.28. The van der Waals surface area contributed by atoms with Crippen LogP contribution in [0.4, 0.5) is 5.69 Å². The number of nitrogens with zero attached hydrogens (tertiary/aromatic N) is 1. The second kappa shape index (κ2) is 7.14. The van der Waals surface area contributed by atoms with Crippen LogP contribution < -0.4 is 15.0 Å². The number of furan rings is 1. The highest BCUT2D eigenvalue weighted by molar-refractivity contribution is 7.80. The first kappa shape index (κ1) is 16.7. The molecule has 0 radical (unpaired) electrons. The second-order valence-electron chi connectivity index (χ2n) is 5.06. The van der Waals surface area contributed by atoms with E-state index in [0.717, 1.165) is 0 Å². The minimum Gasteiger partial charge on any atom is -0.497 e. The van der Waals surface area contributed by atoms with Gasteiger partial charge in [-0.25, -0.2) is 0 Å². The molecule has 0 aliphatic carbocycles. The molecule has 25 heavy (non-hydrogen) atoms. The van der Waals surface area contributed by atoms with Crippen molar-refractivity contribution >= 4 is 40.9 Å². The number of carbonyl (C=O) groups excluding carboxylic acids is 2. The lowest BCUT2D eigenvalue weighted by Crippen LogP contribution is -2.54. The molecule has 1 aliphatic heterocycles. The molecule has 126 valence electrons. The monoisotopic (exact) mass is 354 g/mol. The largest absolute Gasteiger partial charge is 0.497 e. The number of benzene rings is 1. The SMILES string of the molecule is COc1cccc(N2C(=O)/C(=C/C=C/c3ccco3)C(=O)NC2=S)c1. The molecule has 1 aromatic carbocycles. The lowest BCUT2D eigenvalue weighted by atomic mass is 10.1. The summed E-state index contributed by atoms with van der Waals surface area (Å²) in [5, 5.41) is 2.54. The van der Waals surface area contributed by atoms with Gasteiger partial charge in [-0.05, 0) is 48.6 Å². The Morgan fingerprint density at radius 2 is 2.08 bits per heavy atom. The van der Waals surface area contributed by atoms with E-state index in [4.69, 9.17) is 21.4 Å². The Balaban J connectivity index is 1.91.